The lowest BCUT2D eigenvalue weighted by Crippen LogP contribution is -2.04. The van der Waals surface area contributed by atoms with Gasteiger partial charge in [0.25, 0.3) is 0 Å². The predicted molar refractivity (Wildman–Crippen MR) is 79.3 cm³/mol. The van der Waals surface area contributed by atoms with E-state index in [1.807, 2.05) is 0 Å². The molecular formula is C15H22N2O3. The summed E-state index contributed by atoms with van der Waals surface area (Å²) in [5, 5.41) is 14.1. The van der Waals surface area contributed by atoms with E-state index < -0.39 is 4.92 Å². The quantitative estimate of drug-likeness (QED) is 0.465. The third-order valence-corrected chi connectivity index (χ3v) is 3.97. The fourth-order valence-corrected chi connectivity index (χ4v) is 2.86. The molecule has 5 nitrogen and oxygen atoms in total. The van der Waals surface area contributed by atoms with Gasteiger partial charge in [-0.25, -0.2) is 0 Å². The van der Waals surface area contributed by atoms with Crippen LogP contribution in [-0.2, 0) is 0 Å². The predicted octanol–water partition coefficient (Wildman–Crippen LogP) is 3.99. The Hall–Kier alpha value is -1.78. The van der Waals surface area contributed by atoms with Gasteiger partial charge in [0.15, 0.2) is 5.75 Å². The molecule has 0 radical (unpaired) electrons. The van der Waals surface area contributed by atoms with E-state index in [1.54, 1.807) is 12.1 Å². The lowest BCUT2D eigenvalue weighted by Gasteiger charge is -2.11. The monoisotopic (exact) mass is 278 g/mol. The summed E-state index contributed by atoms with van der Waals surface area (Å²) in [7, 11) is 1.45. The molecule has 0 saturated heterocycles. The second kappa shape index (κ2) is 7.12. The minimum atomic E-state index is -0.428. The molecule has 0 atom stereocenters. The number of nitrogens with zero attached hydrogens (tertiary/aromatic N) is 1. The van der Waals surface area contributed by atoms with Crippen LogP contribution in [0.5, 0.6) is 5.75 Å². The SMILES string of the molecule is COc1cc(NCCCC2CCCC2)ccc1[N+](=O)[O-]. The van der Waals surface area contributed by atoms with Gasteiger partial charge in [0.05, 0.1) is 12.0 Å². The molecule has 0 aliphatic heterocycles. The third kappa shape index (κ3) is 3.85. The second-order valence-electron chi connectivity index (χ2n) is 5.36. The van der Waals surface area contributed by atoms with Gasteiger partial charge in [-0.15, -0.1) is 0 Å². The number of anilines is 1. The molecule has 0 heterocycles. The van der Waals surface area contributed by atoms with Gasteiger partial charge in [-0.2, -0.15) is 0 Å². The van der Waals surface area contributed by atoms with Crippen molar-refractivity contribution in [3.63, 3.8) is 0 Å². The van der Waals surface area contributed by atoms with Crippen molar-refractivity contribution in [1.82, 2.24) is 0 Å². The fraction of sp³-hybridized carbons (Fsp3) is 0.600. The van der Waals surface area contributed by atoms with E-state index in [0.717, 1.165) is 24.6 Å². The molecule has 1 aromatic rings. The Morgan fingerprint density at radius 2 is 2.15 bits per heavy atom. The van der Waals surface area contributed by atoms with Gasteiger partial charge in [0.2, 0.25) is 0 Å². The topological polar surface area (TPSA) is 64.4 Å². The number of nitrogens with one attached hydrogen (secondary N) is 1. The van der Waals surface area contributed by atoms with Crippen molar-refractivity contribution in [2.75, 3.05) is 19.0 Å². The molecule has 0 amide bonds. The van der Waals surface area contributed by atoms with Crippen molar-refractivity contribution >= 4 is 11.4 Å². The van der Waals surface area contributed by atoms with Crippen LogP contribution in [0.1, 0.15) is 38.5 Å². The van der Waals surface area contributed by atoms with E-state index in [4.69, 9.17) is 4.74 Å². The van der Waals surface area contributed by atoms with E-state index in [0.29, 0.717) is 5.75 Å². The lowest BCUT2D eigenvalue weighted by molar-refractivity contribution is -0.385. The number of benzene rings is 1. The summed E-state index contributed by atoms with van der Waals surface area (Å²) in [5.41, 5.74) is 0.878. The molecule has 0 bridgehead atoms. The first-order valence-corrected chi connectivity index (χ1v) is 7.27. The Kier molecular flexibility index (Phi) is 5.21. The number of ether oxygens (including phenoxy) is 1. The average molecular weight is 278 g/mol. The number of hydrogen-bond donors (Lipinski definition) is 1. The van der Waals surface area contributed by atoms with E-state index >= 15 is 0 Å². The molecule has 20 heavy (non-hydrogen) atoms. The highest BCUT2D eigenvalue weighted by molar-refractivity contribution is 5.57. The van der Waals surface area contributed by atoms with Crippen LogP contribution in [0.15, 0.2) is 18.2 Å². The first kappa shape index (κ1) is 14.6. The summed E-state index contributed by atoms with van der Waals surface area (Å²) >= 11 is 0. The molecule has 0 aromatic heterocycles. The zero-order chi connectivity index (χ0) is 14.4. The van der Waals surface area contributed by atoms with Crippen LogP contribution in [0, 0.1) is 16.0 Å². The van der Waals surface area contributed by atoms with Gasteiger partial charge in [0.1, 0.15) is 0 Å². The Labute approximate surface area is 119 Å². The molecule has 1 aromatic carbocycles. The average Bonchev–Trinajstić information content (AvgIpc) is 2.96. The van der Waals surface area contributed by atoms with E-state index in [9.17, 15) is 10.1 Å². The molecule has 2 rings (SSSR count). The Bertz CT molecular complexity index is 456. The molecule has 1 aliphatic carbocycles. The molecule has 0 unspecified atom stereocenters. The van der Waals surface area contributed by atoms with Crippen LogP contribution in [0.2, 0.25) is 0 Å². The Morgan fingerprint density at radius 1 is 1.40 bits per heavy atom. The number of nitro groups is 1. The maximum atomic E-state index is 10.8. The van der Waals surface area contributed by atoms with Gasteiger partial charge >= 0.3 is 5.69 Å². The van der Waals surface area contributed by atoms with E-state index in [-0.39, 0.29) is 5.69 Å². The molecule has 1 N–H and O–H groups in total. The fourth-order valence-electron chi connectivity index (χ4n) is 2.86. The minimum absolute atomic E-state index is 0.00371. The summed E-state index contributed by atoms with van der Waals surface area (Å²) in [6.07, 6.45) is 7.95. The number of nitro benzene ring substituents is 1. The molecule has 0 spiro atoms. The van der Waals surface area contributed by atoms with Crippen molar-refractivity contribution in [2.24, 2.45) is 5.92 Å². The standard InChI is InChI=1S/C15H22N2O3/c1-20-15-11-13(8-9-14(15)17(18)19)16-10-4-7-12-5-2-3-6-12/h8-9,11-12,16H,2-7,10H2,1H3. The van der Waals surface area contributed by atoms with E-state index in [1.165, 1.54) is 45.3 Å². The van der Waals surface area contributed by atoms with Crippen molar-refractivity contribution in [2.45, 2.75) is 38.5 Å². The van der Waals surface area contributed by atoms with Crippen molar-refractivity contribution in [3.05, 3.63) is 28.3 Å². The zero-order valence-electron chi connectivity index (χ0n) is 11.9. The van der Waals surface area contributed by atoms with Crippen molar-refractivity contribution in [3.8, 4) is 5.75 Å². The summed E-state index contributed by atoms with van der Waals surface area (Å²) in [4.78, 5) is 10.4. The number of methoxy groups -OCH3 is 1. The molecular weight excluding hydrogens is 256 g/mol. The highest BCUT2D eigenvalue weighted by Crippen LogP contribution is 2.30. The maximum Gasteiger partial charge on any atom is 0.311 e. The first-order valence-electron chi connectivity index (χ1n) is 7.27. The highest BCUT2D eigenvalue weighted by atomic mass is 16.6. The second-order valence-corrected chi connectivity index (χ2v) is 5.36. The smallest absolute Gasteiger partial charge is 0.311 e. The highest BCUT2D eigenvalue weighted by Gasteiger charge is 2.15. The molecule has 1 aliphatic rings. The molecule has 1 saturated carbocycles. The summed E-state index contributed by atoms with van der Waals surface area (Å²) < 4.78 is 5.05. The largest absolute Gasteiger partial charge is 0.490 e. The first-order chi connectivity index (χ1) is 9.70. The van der Waals surface area contributed by atoms with Crippen molar-refractivity contribution in [1.29, 1.82) is 0 Å². The lowest BCUT2D eigenvalue weighted by atomic mass is 10.0. The van der Waals surface area contributed by atoms with Gasteiger partial charge in [-0.05, 0) is 24.8 Å². The summed E-state index contributed by atoms with van der Waals surface area (Å²) in [6.45, 7) is 0.900. The van der Waals surface area contributed by atoms with Crippen LogP contribution in [-0.4, -0.2) is 18.6 Å². The number of rotatable bonds is 7. The van der Waals surface area contributed by atoms with Gasteiger partial charge in [0, 0.05) is 24.4 Å². The van der Waals surface area contributed by atoms with Crippen LogP contribution >= 0.6 is 0 Å². The van der Waals surface area contributed by atoms with Crippen molar-refractivity contribution < 1.29 is 9.66 Å². The van der Waals surface area contributed by atoms with E-state index in [2.05, 4.69) is 5.32 Å². The van der Waals surface area contributed by atoms with Gasteiger partial charge in [-0.1, -0.05) is 25.7 Å². The number of hydrogen-bond acceptors (Lipinski definition) is 4. The summed E-state index contributed by atoms with van der Waals surface area (Å²) in [6, 6.07) is 4.90. The van der Waals surface area contributed by atoms with Gasteiger partial charge < -0.3 is 10.1 Å². The molecule has 110 valence electrons. The van der Waals surface area contributed by atoms with Crippen LogP contribution < -0.4 is 10.1 Å². The minimum Gasteiger partial charge on any atom is -0.490 e. The molecule has 5 heteroatoms. The normalized spacial score (nSPS) is 15.2. The maximum absolute atomic E-state index is 10.8. The summed E-state index contributed by atoms with van der Waals surface area (Å²) in [5.74, 6) is 1.21. The van der Waals surface area contributed by atoms with Crippen LogP contribution in [0.4, 0.5) is 11.4 Å². The Morgan fingerprint density at radius 3 is 2.80 bits per heavy atom. The van der Waals surface area contributed by atoms with Gasteiger partial charge in [-0.3, -0.25) is 10.1 Å². The zero-order valence-corrected chi connectivity index (χ0v) is 11.9. The Balaban J connectivity index is 1.81. The molecule has 1 fully saturated rings. The van der Waals surface area contributed by atoms with Crippen LogP contribution in [0.25, 0.3) is 0 Å². The third-order valence-electron chi connectivity index (χ3n) is 3.97. The van der Waals surface area contributed by atoms with Crippen LogP contribution in [0.3, 0.4) is 0 Å².